The van der Waals surface area contributed by atoms with Crippen molar-refractivity contribution in [3.8, 4) is 11.4 Å². The van der Waals surface area contributed by atoms with E-state index < -0.39 is 0 Å². The SMILES string of the molecule is Clc1ccc(-c2nnc(SCC3CCCCO3)n2Cc2ccco2)cc1. The highest BCUT2D eigenvalue weighted by atomic mass is 35.5. The molecule has 1 unspecified atom stereocenters. The second kappa shape index (κ2) is 8.29. The lowest BCUT2D eigenvalue weighted by Gasteiger charge is -2.21. The largest absolute Gasteiger partial charge is 0.467 e. The lowest BCUT2D eigenvalue weighted by atomic mass is 10.1. The monoisotopic (exact) mass is 389 g/mol. The van der Waals surface area contributed by atoms with Gasteiger partial charge in [0.15, 0.2) is 11.0 Å². The minimum absolute atomic E-state index is 0.293. The molecule has 7 heteroatoms. The Labute approximate surface area is 161 Å². The van der Waals surface area contributed by atoms with E-state index in [1.807, 2.05) is 36.4 Å². The van der Waals surface area contributed by atoms with Gasteiger partial charge in [-0.15, -0.1) is 10.2 Å². The third-order valence-electron chi connectivity index (χ3n) is 4.39. The first-order valence-corrected chi connectivity index (χ1v) is 10.1. The number of hydrogen-bond acceptors (Lipinski definition) is 5. The molecule has 1 saturated heterocycles. The summed E-state index contributed by atoms with van der Waals surface area (Å²) in [6.45, 7) is 1.45. The van der Waals surface area contributed by atoms with Crippen LogP contribution in [0, 0.1) is 0 Å². The minimum Gasteiger partial charge on any atom is -0.467 e. The van der Waals surface area contributed by atoms with Crippen molar-refractivity contribution in [2.24, 2.45) is 0 Å². The normalized spacial score (nSPS) is 17.5. The highest BCUT2D eigenvalue weighted by Gasteiger charge is 2.19. The van der Waals surface area contributed by atoms with E-state index in [2.05, 4.69) is 14.8 Å². The average Bonchev–Trinajstić information content (AvgIpc) is 3.32. The summed E-state index contributed by atoms with van der Waals surface area (Å²) in [5.74, 6) is 2.57. The molecule has 3 aromatic rings. The van der Waals surface area contributed by atoms with Crippen LogP contribution < -0.4 is 0 Å². The van der Waals surface area contributed by atoms with Crippen LogP contribution in [0.25, 0.3) is 11.4 Å². The molecule has 26 heavy (non-hydrogen) atoms. The summed E-state index contributed by atoms with van der Waals surface area (Å²) >= 11 is 7.71. The third kappa shape index (κ3) is 4.14. The van der Waals surface area contributed by atoms with Gasteiger partial charge in [0.05, 0.1) is 18.9 Å². The first-order valence-electron chi connectivity index (χ1n) is 8.75. The smallest absolute Gasteiger partial charge is 0.192 e. The van der Waals surface area contributed by atoms with Crippen molar-refractivity contribution in [2.45, 2.75) is 37.1 Å². The van der Waals surface area contributed by atoms with Gasteiger partial charge in [-0.3, -0.25) is 4.57 Å². The molecule has 0 amide bonds. The van der Waals surface area contributed by atoms with Crippen molar-refractivity contribution >= 4 is 23.4 Å². The van der Waals surface area contributed by atoms with Crippen LogP contribution in [0.5, 0.6) is 0 Å². The molecule has 0 radical (unpaired) electrons. The number of aromatic nitrogens is 3. The Morgan fingerprint density at radius 1 is 1.15 bits per heavy atom. The first-order chi connectivity index (χ1) is 12.8. The maximum absolute atomic E-state index is 6.02. The summed E-state index contributed by atoms with van der Waals surface area (Å²) < 4.78 is 13.5. The standard InChI is InChI=1S/C19H20ClN3O2S/c20-15-8-6-14(7-9-15)18-21-22-19(23(18)12-16-5-3-11-24-16)26-13-17-4-1-2-10-25-17/h3,5-9,11,17H,1-2,4,10,12-13H2. The van der Waals surface area contributed by atoms with Gasteiger partial charge in [0.1, 0.15) is 5.76 Å². The fourth-order valence-corrected chi connectivity index (χ4v) is 4.14. The number of rotatable bonds is 6. The van der Waals surface area contributed by atoms with Crippen LogP contribution in [0.1, 0.15) is 25.0 Å². The van der Waals surface area contributed by atoms with E-state index in [1.54, 1.807) is 18.0 Å². The molecule has 0 bridgehead atoms. The van der Waals surface area contributed by atoms with Gasteiger partial charge in [0.25, 0.3) is 0 Å². The van der Waals surface area contributed by atoms with Crippen LogP contribution in [0.4, 0.5) is 0 Å². The zero-order valence-electron chi connectivity index (χ0n) is 14.3. The van der Waals surface area contributed by atoms with Gasteiger partial charge < -0.3 is 9.15 Å². The van der Waals surface area contributed by atoms with Gasteiger partial charge >= 0.3 is 0 Å². The van der Waals surface area contributed by atoms with Crippen molar-refractivity contribution in [2.75, 3.05) is 12.4 Å². The summed E-state index contributed by atoms with van der Waals surface area (Å²) in [5.41, 5.74) is 0.981. The summed E-state index contributed by atoms with van der Waals surface area (Å²) in [6.07, 6.45) is 5.49. The van der Waals surface area contributed by atoms with Crippen LogP contribution in [0.3, 0.4) is 0 Å². The molecule has 1 aromatic carbocycles. The molecule has 1 aliphatic rings. The number of benzene rings is 1. The second-order valence-corrected chi connectivity index (χ2v) is 7.70. The maximum atomic E-state index is 6.02. The molecule has 0 spiro atoms. The zero-order valence-corrected chi connectivity index (χ0v) is 15.9. The molecule has 0 saturated carbocycles. The molecule has 3 heterocycles. The highest BCUT2D eigenvalue weighted by Crippen LogP contribution is 2.28. The van der Waals surface area contributed by atoms with Gasteiger partial charge in [-0.2, -0.15) is 0 Å². The van der Waals surface area contributed by atoms with Crippen LogP contribution in [0.15, 0.2) is 52.2 Å². The average molecular weight is 390 g/mol. The van der Waals surface area contributed by atoms with E-state index in [9.17, 15) is 0 Å². The topological polar surface area (TPSA) is 53.1 Å². The Kier molecular flexibility index (Phi) is 5.62. The molecule has 0 N–H and O–H groups in total. The number of halogens is 1. The fourth-order valence-electron chi connectivity index (χ4n) is 3.02. The number of nitrogens with zero attached hydrogens (tertiary/aromatic N) is 3. The summed E-state index contributed by atoms with van der Waals surface area (Å²) in [4.78, 5) is 0. The lowest BCUT2D eigenvalue weighted by molar-refractivity contribution is 0.0315. The molecular formula is C19H20ClN3O2S. The molecule has 1 fully saturated rings. The van der Waals surface area contributed by atoms with Gasteiger partial charge in [0.2, 0.25) is 0 Å². The fraction of sp³-hybridized carbons (Fsp3) is 0.368. The van der Waals surface area contributed by atoms with Gasteiger partial charge in [0, 0.05) is 22.9 Å². The number of ether oxygens (including phenoxy) is 1. The third-order valence-corrected chi connectivity index (χ3v) is 5.74. The summed E-state index contributed by atoms with van der Waals surface area (Å²) in [7, 11) is 0. The summed E-state index contributed by atoms with van der Waals surface area (Å²) in [6, 6.07) is 11.5. The van der Waals surface area contributed by atoms with E-state index in [0.29, 0.717) is 17.7 Å². The zero-order chi connectivity index (χ0) is 17.8. The summed E-state index contributed by atoms with van der Waals surface area (Å²) in [5, 5.41) is 10.4. The van der Waals surface area contributed by atoms with Crippen LogP contribution in [-0.4, -0.2) is 33.2 Å². The Balaban J connectivity index is 1.59. The number of thioether (sulfide) groups is 1. The predicted molar refractivity (Wildman–Crippen MR) is 103 cm³/mol. The van der Waals surface area contributed by atoms with E-state index in [0.717, 1.165) is 47.5 Å². The van der Waals surface area contributed by atoms with Crippen molar-refractivity contribution in [3.05, 3.63) is 53.4 Å². The molecule has 4 rings (SSSR count). The van der Waals surface area contributed by atoms with Gasteiger partial charge in [-0.05, 0) is 55.7 Å². The van der Waals surface area contributed by atoms with E-state index in [4.69, 9.17) is 20.8 Å². The van der Waals surface area contributed by atoms with E-state index >= 15 is 0 Å². The molecule has 136 valence electrons. The Morgan fingerprint density at radius 3 is 2.77 bits per heavy atom. The Hall–Kier alpha value is -1.76. The molecule has 1 atom stereocenters. The molecular weight excluding hydrogens is 370 g/mol. The van der Waals surface area contributed by atoms with Crippen molar-refractivity contribution in [3.63, 3.8) is 0 Å². The van der Waals surface area contributed by atoms with Gasteiger partial charge in [-0.25, -0.2) is 0 Å². The maximum Gasteiger partial charge on any atom is 0.192 e. The molecule has 2 aromatic heterocycles. The Bertz CT molecular complexity index is 827. The van der Waals surface area contributed by atoms with Crippen LogP contribution >= 0.6 is 23.4 Å². The number of furan rings is 1. The van der Waals surface area contributed by atoms with E-state index in [1.165, 1.54) is 6.42 Å². The first kappa shape index (κ1) is 17.6. The van der Waals surface area contributed by atoms with Crippen molar-refractivity contribution in [1.29, 1.82) is 0 Å². The number of hydrogen-bond donors (Lipinski definition) is 0. The minimum atomic E-state index is 0.293. The lowest BCUT2D eigenvalue weighted by Crippen LogP contribution is -2.21. The quantitative estimate of drug-likeness (QED) is 0.561. The van der Waals surface area contributed by atoms with Crippen LogP contribution in [0.2, 0.25) is 5.02 Å². The van der Waals surface area contributed by atoms with Crippen LogP contribution in [-0.2, 0) is 11.3 Å². The van der Waals surface area contributed by atoms with Gasteiger partial charge in [-0.1, -0.05) is 23.4 Å². The van der Waals surface area contributed by atoms with E-state index in [-0.39, 0.29) is 0 Å². The molecule has 5 nitrogen and oxygen atoms in total. The second-order valence-electron chi connectivity index (χ2n) is 6.28. The van der Waals surface area contributed by atoms with Crippen molar-refractivity contribution < 1.29 is 9.15 Å². The predicted octanol–water partition coefficient (Wildman–Crippen LogP) is 4.90. The highest BCUT2D eigenvalue weighted by molar-refractivity contribution is 7.99. The Morgan fingerprint density at radius 2 is 2.04 bits per heavy atom. The molecule has 1 aliphatic heterocycles. The van der Waals surface area contributed by atoms with Crippen molar-refractivity contribution in [1.82, 2.24) is 14.8 Å². The molecule has 0 aliphatic carbocycles.